The Labute approximate surface area is 184 Å². The molecule has 32 heavy (non-hydrogen) atoms. The molecule has 0 saturated heterocycles. The summed E-state index contributed by atoms with van der Waals surface area (Å²) in [7, 11) is 0. The number of para-hydroxylation sites is 1. The van der Waals surface area contributed by atoms with Gasteiger partial charge < -0.3 is 10.1 Å². The van der Waals surface area contributed by atoms with Gasteiger partial charge in [0, 0.05) is 11.3 Å². The SMILES string of the molecule is Cc1ccc(C(=O)Oc2ccccc2C=NNC(=O)C(=O)Nc2ccc(C#N)cc2)cc1. The van der Waals surface area contributed by atoms with Crippen molar-refractivity contribution in [3.05, 3.63) is 95.1 Å². The number of ether oxygens (including phenoxy) is 1. The van der Waals surface area contributed by atoms with Gasteiger partial charge in [-0.15, -0.1) is 0 Å². The molecule has 0 atom stereocenters. The van der Waals surface area contributed by atoms with Gasteiger partial charge in [0.2, 0.25) is 0 Å². The Balaban J connectivity index is 1.60. The van der Waals surface area contributed by atoms with Gasteiger partial charge in [-0.2, -0.15) is 10.4 Å². The number of nitriles is 1. The zero-order chi connectivity index (χ0) is 22.9. The number of rotatable bonds is 5. The molecule has 2 amide bonds. The van der Waals surface area contributed by atoms with Crippen molar-refractivity contribution in [1.29, 1.82) is 5.26 Å². The molecule has 0 aliphatic rings. The highest BCUT2D eigenvalue weighted by Crippen LogP contribution is 2.18. The zero-order valence-corrected chi connectivity index (χ0v) is 17.0. The molecule has 0 fully saturated rings. The molecule has 2 N–H and O–H groups in total. The van der Waals surface area contributed by atoms with Crippen LogP contribution in [0.5, 0.6) is 5.75 Å². The normalized spacial score (nSPS) is 10.2. The number of nitrogens with one attached hydrogen (secondary N) is 2. The number of hydrogen-bond acceptors (Lipinski definition) is 6. The number of carbonyl (C=O) groups excluding carboxylic acids is 3. The Hall–Kier alpha value is -4.77. The molecule has 3 aromatic rings. The van der Waals surface area contributed by atoms with Gasteiger partial charge in [0.05, 0.1) is 23.4 Å². The van der Waals surface area contributed by atoms with Gasteiger partial charge >= 0.3 is 17.8 Å². The minimum Gasteiger partial charge on any atom is -0.422 e. The number of esters is 1. The van der Waals surface area contributed by atoms with Crippen LogP contribution in [0.1, 0.15) is 27.0 Å². The second kappa shape index (κ2) is 10.3. The second-order valence-electron chi connectivity index (χ2n) is 6.64. The van der Waals surface area contributed by atoms with Gasteiger partial charge in [-0.3, -0.25) is 9.59 Å². The van der Waals surface area contributed by atoms with Gasteiger partial charge in [-0.25, -0.2) is 10.2 Å². The highest BCUT2D eigenvalue weighted by molar-refractivity contribution is 6.39. The average molecular weight is 426 g/mol. The van der Waals surface area contributed by atoms with Crippen LogP contribution in [-0.2, 0) is 9.59 Å². The summed E-state index contributed by atoms with van der Waals surface area (Å²) in [6, 6.07) is 21.6. The molecule has 8 nitrogen and oxygen atoms in total. The van der Waals surface area contributed by atoms with Gasteiger partial charge in [0.1, 0.15) is 5.75 Å². The number of aryl methyl sites for hydroxylation is 1. The van der Waals surface area contributed by atoms with Crippen LogP contribution in [0, 0.1) is 18.3 Å². The molecular weight excluding hydrogens is 408 g/mol. The predicted octanol–water partition coefficient (Wildman–Crippen LogP) is 3.17. The van der Waals surface area contributed by atoms with Crippen LogP contribution in [0.3, 0.4) is 0 Å². The Kier molecular flexibility index (Phi) is 7.07. The molecule has 3 rings (SSSR count). The van der Waals surface area contributed by atoms with Crippen LogP contribution in [0.15, 0.2) is 77.9 Å². The fourth-order valence-corrected chi connectivity index (χ4v) is 2.56. The molecule has 0 bridgehead atoms. The Morgan fingerprint density at radius 1 is 0.938 bits per heavy atom. The summed E-state index contributed by atoms with van der Waals surface area (Å²) >= 11 is 0. The quantitative estimate of drug-likeness (QED) is 0.213. The van der Waals surface area contributed by atoms with E-state index >= 15 is 0 Å². The minimum absolute atomic E-state index is 0.248. The van der Waals surface area contributed by atoms with Crippen molar-refractivity contribution >= 4 is 29.7 Å². The highest BCUT2D eigenvalue weighted by atomic mass is 16.5. The molecule has 8 heteroatoms. The molecule has 0 heterocycles. The summed E-state index contributed by atoms with van der Waals surface area (Å²) < 4.78 is 5.43. The molecule has 0 unspecified atom stereocenters. The lowest BCUT2D eigenvalue weighted by Crippen LogP contribution is -2.32. The van der Waals surface area contributed by atoms with Crippen LogP contribution >= 0.6 is 0 Å². The molecular formula is C24H18N4O4. The van der Waals surface area contributed by atoms with E-state index in [4.69, 9.17) is 10.00 Å². The number of amides is 2. The fourth-order valence-electron chi connectivity index (χ4n) is 2.56. The second-order valence-corrected chi connectivity index (χ2v) is 6.64. The summed E-state index contributed by atoms with van der Waals surface area (Å²) in [4.78, 5) is 36.3. The number of hydrogen-bond donors (Lipinski definition) is 2. The largest absolute Gasteiger partial charge is 0.422 e. The predicted molar refractivity (Wildman–Crippen MR) is 118 cm³/mol. The van der Waals surface area contributed by atoms with Crippen LogP contribution in [0.4, 0.5) is 5.69 Å². The first kappa shape index (κ1) is 21.9. The molecule has 0 saturated carbocycles. The van der Waals surface area contributed by atoms with Gasteiger partial charge in [0.25, 0.3) is 0 Å². The smallest absolute Gasteiger partial charge is 0.343 e. The van der Waals surface area contributed by atoms with Gasteiger partial charge in [-0.1, -0.05) is 29.8 Å². The van der Waals surface area contributed by atoms with E-state index in [1.54, 1.807) is 36.4 Å². The molecule has 158 valence electrons. The van der Waals surface area contributed by atoms with Crippen molar-refractivity contribution in [3.8, 4) is 11.8 Å². The van der Waals surface area contributed by atoms with Crippen LogP contribution < -0.4 is 15.5 Å². The molecule has 3 aromatic carbocycles. The first-order valence-corrected chi connectivity index (χ1v) is 9.48. The zero-order valence-electron chi connectivity index (χ0n) is 17.0. The lowest BCUT2D eigenvalue weighted by atomic mass is 10.1. The van der Waals surface area contributed by atoms with E-state index in [9.17, 15) is 14.4 Å². The third-order valence-electron chi connectivity index (χ3n) is 4.26. The fraction of sp³-hybridized carbons (Fsp3) is 0.0417. The minimum atomic E-state index is -0.986. The van der Waals surface area contributed by atoms with E-state index in [2.05, 4.69) is 15.8 Å². The van der Waals surface area contributed by atoms with Crippen molar-refractivity contribution in [1.82, 2.24) is 5.43 Å². The van der Waals surface area contributed by atoms with Crippen molar-refractivity contribution in [3.63, 3.8) is 0 Å². The molecule has 0 aliphatic carbocycles. The summed E-state index contributed by atoms with van der Waals surface area (Å²) in [6.07, 6.45) is 1.27. The topological polar surface area (TPSA) is 121 Å². The Morgan fingerprint density at radius 3 is 2.31 bits per heavy atom. The highest BCUT2D eigenvalue weighted by Gasteiger charge is 2.14. The Bertz CT molecular complexity index is 1210. The third kappa shape index (κ3) is 5.87. The van der Waals surface area contributed by atoms with Crippen molar-refractivity contribution in [2.24, 2.45) is 5.10 Å². The van der Waals surface area contributed by atoms with E-state index < -0.39 is 17.8 Å². The van der Waals surface area contributed by atoms with Gasteiger partial charge in [-0.05, 0) is 55.5 Å². The average Bonchev–Trinajstić information content (AvgIpc) is 2.81. The van der Waals surface area contributed by atoms with Gasteiger partial charge in [0.15, 0.2) is 0 Å². The van der Waals surface area contributed by atoms with E-state index in [-0.39, 0.29) is 5.75 Å². The Morgan fingerprint density at radius 2 is 1.62 bits per heavy atom. The maximum atomic E-state index is 12.4. The number of carbonyl (C=O) groups is 3. The third-order valence-corrected chi connectivity index (χ3v) is 4.26. The maximum absolute atomic E-state index is 12.4. The van der Waals surface area contributed by atoms with E-state index in [1.165, 1.54) is 30.5 Å². The number of anilines is 1. The summed E-state index contributed by atoms with van der Waals surface area (Å²) in [5.74, 6) is -2.19. The van der Waals surface area contributed by atoms with E-state index in [0.717, 1.165) is 5.56 Å². The summed E-state index contributed by atoms with van der Waals surface area (Å²) in [6.45, 7) is 1.92. The summed E-state index contributed by atoms with van der Waals surface area (Å²) in [5, 5.41) is 14.9. The number of benzene rings is 3. The lowest BCUT2D eigenvalue weighted by Gasteiger charge is -2.07. The molecule has 0 aromatic heterocycles. The van der Waals surface area contributed by atoms with Crippen LogP contribution in [0.2, 0.25) is 0 Å². The van der Waals surface area contributed by atoms with Crippen molar-refractivity contribution in [2.75, 3.05) is 5.32 Å². The first-order valence-electron chi connectivity index (χ1n) is 9.48. The van der Waals surface area contributed by atoms with Crippen molar-refractivity contribution in [2.45, 2.75) is 6.92 Å². The van der Waals surface area contributed by atoms with Crippen LogP contribution in [-0.4, -0.2) is 24.0 Å². The van der Waals surface area contributed by atoms with Crippen LogP contribution in [0.25, 0.3) is 0 Å². The molecule has 0 aliphatic heterocycles. The van der Waals surface area contributed by atoms with E-state index in [1.807, 2.05) is 25.1 Å². The van der Waals surface area contributed by atoms with E-state index in [0.29, 0.717) is 22.4 Å². The first-order chi connectivity index (χ1) is 15.5. The molecule has 0 radical (unpaired) electrons. The maximum Gasteiger partial charge on any atom is 0.343 e. The molecule has 0 spiro atoms. The monoisotopic (exact) mass is 426 g/mol. The standard InChI is InChI=1S/C24H18N4O4/c1-16-6-10-18(11-7-16)24(31)32-21-5-3-2-4-19(21)15-26-28-23(30)22(29)27-20-12-8-17(14-25)9-13-20/h2-13,15H,1H3,(H,27,29)(H,28,30). The number of hydrazone groups is 1. The lowest BCUT2D eigenvalue weighted by molar-refractivity contribution is -0.136. The summed E-state index contributed by atoms with van der Waals surface area (Å²) in [5.41, 5.74) is 4.76. The number of nitrogens with zero attached hydrogens (tertiary/aromatic N) is 2. The van der Waals surface area contributed by atoms with Crippen molar-refractivity contribution < 1.29 is 19.1 Å².